The van der Waals surface area contributed by atoms with Gasteiger partial charge in [0.15, 0.2) is 0 Å². The SMILES string of the molecule is CCCC(C=O)Sc1ccccc1. The van der Waals surface area contributed by atoms with E-state index in [-0.39, 0.29) is 5.25 Å². The van der Waals surface area contributed by atoms with Crippen LogP contribution in [0.15, 0.2) is 35.2 Å². The van der Waals surface area contributed by atoms with Crippen molar-refractivity contribution in [2.24, 2.45) is 0 Å². The molecule has 1 rings (SSSR count). The Hall–Kier alpha value is -0.760. The molecule has 1 aromatic carbocycles. The zero-order valence-corrected chi connectivity index (χ0v) is 8.59. The lowest BCUT2D eigenvalue weighted by atomic mass is 10.3. The van der Waals surface area contributed by atoms with Crippen LogP contribution < -0.4 is 0 Å². The number of aldehydes is 1. The van der Waals surface area contributed by atoms with Crippen LogP contribution in [-0.4, -0.2) is 11.5 Å². The molecule has 13 heavy (non-hydrogen) atoms. The van der Waals surface area contributed by atoms with Crippen molar-refractivity contribution in [3.63, 3.8) is 0 Å². The molecule has 2 heteroatoms. The van der Waals surface area contributed by atoms with Crippen LogP contribution in [-0.2, 0) is 4.79 Å². The average molecular weight is 194 g/mol. The maximum absolute atomic E-state index is 10.7. The number of thioether (sulfide) groups is 1. The monoisotopic (exact) mass is 194 g/mol. The quantitative estimate of drug-likeness (QED) is 0.529. The highest BCUT2D eigenvalue weighted by atomic mass is 32.2. The van der Waals surface area contributed by atoms with Gasteiger partial charge in [-0.15, -0.1) is 11.8 Å². The minimum Gasteiger partial charge on any atom is -0.302 e. The van der Waals surface area contributed by atoms with Crippen LogP contribution in [0.2, 0.25) is 0 Å². The number of hydrogen-bond acceptors (Lipinski definition) is 2. The Kier molecular flexibility index (Phi) is 4.61. The molecule has 0 spiro atoms. The Morgan fingerprint density at radius 3 is 2.62 bits per heavy atom. The van der Waals surface area contributed by atoms with Gasteiger partial charge in [0.25, 0.3) is 0 Å². The molecular formula is C11H14OS. The summed E-state index contributed by atoms with van der Waals surface area (Å²) in [6.07, 6.45) is 3.06. The summed E-state index contributed by atoms with van der Waals surface area (Å²) in [6, 6.07) is 10.1. The van der Waals surface area contributed by atoms with E-state index >= 15 is 0 Å². The van der Waals surface area contributed by atoms with Crippen LogP contribution in [0.3, 0.4) is 0 Å². The topological polar surface area (TPSA) is 17.1 Å². The first-order valence-corrected chi connectivity index (χ1v) is 5.41. The number of carbonyl (C=O) groups is 1. The summed E-state index contributed by atoms with van der Waals surface area (Å²) in [5, 5.41) is 0.118. The van der Waals surface area contributed by atoms with E-state index in [9.17, 15) is 4.79 Å². The second-order valence-electron chi connectivity index (χ2n) is 2.89. The molecule has 0 radical (unpaired) electrons. The number of hydrogen-bond donors (Lipinski definition) is 0. The van der Waals surface area contributed by atoms with Gasteiger partial charge < -0.3 is 4.79 Å². The summed E-state index contributed by atoms with van der Waals surface area (Å²) in [5.74, 6) is 0. The van der Waals surface area contributed by atoms with Crippen LogP contribution in [0.25, 0.3) is 0 Å². The van der Waals surface area contributed by atoms with Crippen molar-refractivity contribution in [1.82, 2.24) is 0 Å². The third-order valence-electron chi connectivity index (χ3n) is 1.76. The molecule has 0 aliphatic heterocycles. The van der Waals surface area contributed by atoms with Crippen LogP contribution in [0, 0.1) is 0 Å². The third kappa shape index (κ3) is 3.64. The van der Waals surface area contributed by atoms with Crippen molar-refractivity contribution in [3.8, 4) is 0 Å². The van der Waals surface area contributed by atoms with Gasteiger partial charge in [-0.25, -0.2) is 0 Å². The summed E-state index contributed by atoms with van der Waals surface area (Å²) in [5.41, 5.74) is 0. The number of rotatable bonds is 5. The molecule has 0 fully saturated rings. The summed E-state index contributed by atoms with van der Waals surface area (Å²) >= 11 is 1.65. The van der Waals surface area contributed by atoms with Gasteiger partial charge in [-0.1, -0.05) is 31.5 Å². The van der Waals surface area contributed by atoms with Gasteiger partial charge in [-0.3, -0.25) is 0 Å². The van der Waals surface area contributed by atoms with E-state index in [0.717, 1.165) is 19.1 Å². The molecule has 1 atom stereocenters. The van der Waals surface area contributed by atoms with Crippen molar-refractivity contribution < 1.29 is 4.79 Å². The normalized spacial score (nSPS) is 12.4. The van der Waals surface area contributed by atoms with Gasteiger partial charge in [0.05, 0.1) is 5.25 Å². The summed E-state index contributed by atoms with van der Waals surface area (Å²) in [7, 11) is 0. The van der Waals surface area contributed by atoms with Gasteiger partial charge in [0, 0.05) is 4.90 Å². The highest BCUT2D eigenvalue weighted by Gasteiger charge is 2.06. The van der Waals surface area contributed by atoms with Gasteiger partial charge in [0.2, 0.25) is 0 Å². The summed E-state index contributed by atoms with van der Waals surface area (Å²) in [4.78, 5) is 11.9. The molecule has 0 saturated heterocycles. The first-order valence-electron chi connectivity index (χ1n) is 4.53. The summed E-state index contributed by atoms with van der Waals surface area (Å²) < 4.78 is 0. The first kappa shape index (κ1) is 10.3. The van der Waals surface area contributed by atoms with Gasteiger partial charge in [0.1, 0.15) is 6.29 Å². The number of carbonyl (C=O) groups excluding carboxylic acids is 1. The standard InChI is InChI=1S/C11H14OS/c1-2-6-11(9-12)13-10-7-4-3-5-8-10/h3-5,7-9,11H,2,6H2,1H3. The van der Waals surface area contributed by atoms with Gasteiger partial charge in [-0.05, 0) is 18.6 Å². The predicted octanol–water partition coefficient (Wildman–Crippen LogP) is 3.15. The molecular weight excluding hydrogens is 180 g/mol. The Labute approximate surface area is 83.5 Å². The molecule has 1 unspecified atom stereocenters. The van der Waals surface area contributed by atoms with E-state index in [4.69, 9.17) is 0 Å². The molecule has 0 amide bonds. The molecule has 0 saturated carbocycles. The summed E-state index contributed by atoms with van der Waals surface area (Å²) in [6.45, 7) is 2.10. The Morgan fingerprint density at radius 2 is 2.08 bits per heavy atom. The van der Waals surface area contributed by atoms with Gasteiger partial charge >= 0.3 is 0 Å². The Bertz CT molecular complexity index is 246. The molecule has 0 aliphatic rings. The van der Waals surface area contributed by atoms with Crippen molar-refractivity contribution in [3.05, 3.63) is 30.3 Å². The molecule has 1 nitrogen and oxygen atoms in total. The fourth-order valence-electron chi connectivity index (χ4n) is 1.11. The van der Waals surface area contributed by atoms with E-state index in [2.05, 4.69) is 6.92 Å². The van der Waals surface area contributed by atoms with Gasteiger partial charge in [-0.2, -0.15) is 0 Å². The lowest BCUT2D eigenvalue weighted by molar-refractivity contribution is -0.107. The molecule has 0 N–H and O–H groups in total. The van der Waals surface area contributed by atoms with Crippen LogP contribution in [0.5, 0.6) is 0 Å². The fourth-order valence-corrected chi connectivity index (χ4v) is 2.19. The van der Waals surface area contributed by atoms with Crippen LogP contribution in [0.4, 0.5) is 0 Å². The van der Waals surface area contributed by atoms with Crippen LogP contribution >= 0.6 is 11.8 Å². The van der Waals surface area contributed by atoms with Crippen molar-refractivity contribution in [1.29, 1.82) is 0 Å². The molecule has 0 aromatic heterocycles. The van der Waals surface area contributed by atoms with E-state index in [1.54, 1.807) is 11.8 Å². The lowest BCUT2D eigenvalue weighted by Gasteiger charge is -2.07. The van der Waals surface area contributed by atoms with Crippen molar-refractivity contribution >= 4 is 18.0 Å². The zero-order valence-electron chi connectivity index (χ0n) is 7.77. The molecule has 0 heterocycles. The number of benzene rings is 1. The maximum atomic E-state index is 10.7. The molecule has 0 aliphatic carbocycles. The largest absolute Gasteiger partial charge is 0.302 e. The van der Waals surface area contributed by atoms with Crippen molar-refractivity contribution in [2.75, 3.05) is 0 Å². The van der Waals surface area contributed by atoms with E-state index < -0.39 is 0 Å². The van der Waals surface area contributed by atoms with E-state index in [0.29, 0.717) is 0 Å². The van der Waals surface area contributed by atoms with E-state index in [1.807, 2.05) is 30.3 Å². The predicted molar refractivity (Wildman–Crippen MR) is 57.1 cm³/mol. The second-order valence-corrected chi connectivity index (χ2v) is 4.21. The molecule has 1 aromatic rings. The Balaban J connectivity index is 2.51. The third-order valence-corrected chi connectivity index (χ3v) is 2.95. The minimum atomic E-state index is 0.118. The molecule has 70 valence electrons. The lowest BCUT2D eigenvalue weighted by Crippen LogP contribution is -2.02. The maximum Gasteiger partial charge on any atom is 0.133 e. The fraction of sp³-hybridized carbons (Fsp3) is 0.364. The Morgan fingerprint density at radius 1 is 1.38 bits per heavy atom. The average Bonchev–Trinajstić information content (AvgIpc) is 2.19. The smallest absolute Gasteiger partial charge is 0.133 e. The second kappa shape index (κ2) is 5.81. The van der Waals surface area contributed by atoms with Crippen molar-refractivity contribution in [2.45, 2.75) is 29.9 Å². The highest BCUT2D eigenvalue weighted by Crippen LogP contribution is 2.24. The van der Waals surface area contributed by atoms with E-state index in [1.165, 1.54) is 4.90 Å². The first-order chi connectivity index (χ1) is 6.36. The van der Waals surface area contributed by atoms with Crippen LogP contribution in [0.1, 0.15) is 19.8 Å². The minimum absolute atomic E-state index is 0.118. The molecule has 0 bridgehead atoms. The zero-order chi connectivity index (χ0) is 9.52. The highest BCUT2D eigenvalue weighted by molar-refractivity contribution is 8.00.